The second kappa shape index (κ2) is 7.92. The predicted octanol–water partition coefficient (Wildman–Crippen LogP) is 2.61. The van der Waals surface area contributed by atoms with Crippen LogP contribution in [0, 0.1) is 6.92 Å². The molecule has 0 amide bonds. The molecular formula is C16H14ClF3N2O5S. The highest BCUT2D eigenvalue weighted by Gasteiger charge is 2.49. The number of rotatable bonds is 6. The number of Topliss-reactive ketones (excluding diaryl/α,β-unsaturated/α-hetero) is 1. The fourth-order valence-corrected chi connectivity index (χ4v) is 2.91. The van der Waals surface area contributed by atoms with Crippen LogP contribution in [0.2, 0.25) is 5.02 Å². The fraction of sp³-hybridized carbons (Fsp3) is 0.312. The molecule has 0 spiro atoms. The molecular weight excluding hydrogens is 425 g/mol. The van der Waals surface area contributed by atoms with E-state index in [2.05, 4.69) is 9.28 Å². The van der Waals surface area contributed by atoms with Crippen LogP contribution >= 0.6 is 11.6 Å². The molecule has 7 nitrogen and oxygen atoms in total. The van der Waals surface area contributed by atoms with Gasteiger partial charge in [-0.2, -0.15) is 21.6 Å². The Morgan fingerprint density at radius 2 is 1.89 bits per heavy atom. The molecule has 0 aliphatic heterocycles. The zero-order chi connectivity index (χ0) is 21.3. The third kappa shape index (κ3) is 5.10. The van der Waals surface area contributed by atoms with Gasteiger partial charge in [-0.1, -0.05) is 23.7 Å². The van der Waals surface area contributed by atoms with Crippen molar-refractivity contribution in [1.29, 1.82) is 0 Å². The number of nitrogens with zero attached hydrogens (tertiary/aromatic N) is 2. The van der Waals surface area contributed by atoms with Crippen LogP contribution in [0.5, 0.6) is 5.88 Å². The van der Waals surface area contributed by atoms with Crippen LogP contribution in [-0.2, 0) is 27.9 Å². The third-order valence-corrected chi connectivity index (χ3v) is 4.78. The molecule has 0 radical (unpaired) electrons. The van der Waals surface area contributed by atoms with Crippen molar-refractivity contribution in [3.05, 3.63) is 56.3 Å². The maximum Gasteiger partial charge on any atom is 0.534 e. The number of hydrogen-bond acceptors (Lipinski definition) is 6. The van der Waals surface area contributed by atoms with E-state index in [1.807, 2.05) is 0 Å². The molecule has 0 atom stereocenters. The van der Waals surface area contributed by atoms with E-state index in [0.717, 1.165) is 12.5 Å². The van der Waals surface area contributed by atoms with E-state index in [1.54, 1.807) is 25.1 Å². The second-order valence-electron chi connectivity index (χ2n) is 5.93. The average Bonchev–Trinajstić information content (AvgIpc) is 2.52. The highest BCUT2D eigenvalue weighted by molar-refractivity contribution is 7.87. The van der Waals surface area contributed by atoms with E-state index < -0.39 is 39.3 Å². The maximum atomic E-state index is 12.6. The standard InChI is InChI=1S/C16H14ClF3N2O5S/c1-9-3-4-11(13(17)5-9)8-22-15(24)12(6-10(2)23)7-14(21-22)27-28(25,26)16(18,19)20/h3-5,7H,6,8H2,1-2H3. The number of aromatic nitrogens is 2. The Morgan fingerprint density at radius 1 is 1.25 bits per heavy atom. The van der Waals surface area contributed by atoms with Crippen molar-refractivity contribution < 1.29 is 30.6 Å². The second-order valence-corrected chi connectivity index (χ2v) is 7.87. The van der Waals surface area contributed by atoms with Crippen molar-refractivity contribution in [2.24, 2.45) is 0 Å². The van der Waals surface area contributed by atoms with Crippen LogP contribution in [-0.4, -0.2) is 29.5 Å². The summed E-state index contributed by atoms with van der Waals surface area (Å²) >= 11 is 6.09. The molecule has 1 aromatic carbocycles. The number of alkyl halides is 3. The first-order chi connectivity index (χ1) is 12.8. The summed E-state index contributed by atoms with van der Waals surface area (Å²) in [5.41, 5.74) is -5.50. The Bertz CT molecular complexity index is 1080. The van der Waals surface area contributed by atoms with E-state index in [0.29, 0.717) is 16.3 Å². The van der Waals surface area contributed by atoms with Crippen molar-refractivity contribution in [3.63, 3.8) is 0 Å². The molecule has 0 unspecified atom stereocenters. The normalized spacial score (nSPS) is 12.1. The first-order valence-corrected chi connectivity index (χ1v) is 9.45. The van der Waals surface area contributed by atoms with Gasteiger partial charge in [-0.05, 0) is 31.0 Å². The summed E-state index contributed by atoms with van der Waals surface area (Å²) in [5, 5.41) is 3.80. The van der Waals surface area contributed by atoms with E-state index in [4.69, 9.17) is 11.6 Å². The molecule has 1 heterocycles. The van der Waals surface area contributed by atoms with Gasteiger partial charge in [0.05, 0.1) is 6.54 Å². The lowest BCUT2D eigenvalue weighted by Crippen LogP contribution is -2.32. The third-order valence-electron chi connectivity index (χ3n) is 3.47. The van der Waals surface area contributed by atoms with E-state index >= 15 is 0 Å². The van der Waals surface area contributed by atoms with Gasteiger partial charge < -0.3 is 4.18 Å². The molecule has 0 saturated carbocycles. The Hall–Kier alpha value is -2.40. The zero-order valence-electron chi connectivity index (χ0n) is 14.6. The molecule has 0 saturated heterocycles. The lowest BCUT2D eigenvalue weighted by molar-refractivity contribution is -0.116. The molecule has 0 bridgehead atoms. The van der Waals surface area contributed by atoms with Gasteiger partial charge in [0.15, 0.2) is 0 Å². The SMILES string of the molecule is CC(=O)Cc1cc(OS(=O)(=O)C(F)(F)F)nn(Cc2ccc(C)cc2Cl)c1=O. The zero-order valence-corrected chi connectivity index (χ0v) is 16.2. The van der Waals surface area contributed by atoms with Gasteiger partial charge in [0.25, 0.3) is 11.4 Å². The molecule has 152 valence electrons. The van der Waals surface area contributed by atoms with Crippen LogP contribution in [0.3, 0.4) is 0 Å². The molecule has 12 heteroatoms. The molecule has 0 aliphatic carbocycles. The van der Waals surface area contributed by atoms with Gasteiger partial charge in [0.1, 0.15) is 5.78 Å². The smallest absolute Gasteiger partial charge is 0.354 e. The van der Waals surface area contributed by atoms with Gasteiger partial charge in [-0.3, -0.25) is 9.59 Å². The van der Waals surface area contributed by atoms with E-state index in [-0.39, 0.29) is 17.1 Å². The van der Waals surface area contributed by atoms with Crippen molar-refractivity contribution in [2.75, 3.05) is 0 Å². The maximum absolute atomic E-state index is 12.6. The van der Waals surface area contributed by atoms with Gasteiger partial charge in [0.2, 0.25) is 0 Å². The number of ketones is 1. The van der Waals surface area contributed by atoms with E-state index in [9.17, 15) is 31.2 Å². The Kier molecular flexibility index (Phi) is 6.19. The summed E-state index contributed by atoms with van der Waals surface area (Å²) in [6, 6.07) is 5.57. The topological polar surface area (TPSA) is 95.3 Å². The Balaban J connectivity index is 2.55. The van der Waals surface area contributed by atoms with Gasteiger partial charge in [0, 0.05) is 23.1 Å². The summed E-state index contributed by atoms with van der Waals surface area (Å²) in [6.45, 7) is 2.67. The highest BCUT2D eigenvalue weighted by Crippen LogP contribution is 2.26. The molecule has 2 rings (SSSR count). The molecule has 1 aromatic heterocycles. The van der Waals surface area contributed by atoms with Crippen molar-refractivity contribution in [3.8, 4) is 5.88 Å². The monoisotopic (exact) mass is 438 g/mol. The van der Waals surface area contributed by atoms with Gasteiger partial charge >= 0.3 is 15.6 Å². The lowest BCUT2D eigenvalue weighted by Gasteiger charge is -2.13. The Labute approximate surface area is 162 Å². The van der Waals surface area contributed by atoms with Crippen molar-refractivity contribution >= 4 is 27.5 Å². The summed E-state index contributed by atoms with van der Waals surface area (Å²) in [4.78, 5) is 23.8. The molecule has 0 fully saturated rings. The Morgan fingerprint density at radius 3 is 2.43 bits per heavy atom. The van der Waals surface area contributed by atoms with Crippen LogP contribution in [0.1, 0.15) is 23.6 Å². The molecule has 2 aromatic rings. The summed E-state index contributed by atoms with van der Waals surface area (Å²) in [6.07, 6.45) is -0.439. The molecule has 0 aliphatic rings. The summed E-state index contributed by atoms with van der Waals surface area (Å²) < 4.78 is 64.9. The predicted molar refractivity (Wildman–Crippen MR) is 93.8 cm³/mol. The average molecular weight is 439 g/mol. The lowest BCUT2D eigenvalue weighted by atomic mass is 10.1. The minimum atomic E-state index is -6.00. The van der Waals surface area contributed by atoms with Gasteiger partial charge in [-0.15, -0.1) is 5.10 Å². The largest absolute Gasteiger partial charge is 0.534 e. The minimum absolute atomic E-state index is 0.266. The van der Waals surface area contributed by atoms with Crippen LogP contribution < -0.4 is 9.74 Å². The van der Waals surface area contributed by atoms with Crippen LogP contribution in [0.25, 0.3) is 0 Å². The van der Waals surface area contributed by atoms with Crippen LogP contribution in [0.15, 0.2) is 29.1 Å². The number of aryl methyl sites for hydroxylation is 1. The highest BCUT2D eigenvalue weighted by atomic mass is 35.5. The summed E-state index contributed by atoms with van der Waals surface area (Å²) in [5.74, 6) is -1.45. The van der Waals surface area contributed by atoms with Crippen LogP contribution in [0.4, 0.5) is 13.2 Å². The first-order valence-electron chi connectivity index (χ1n) is 7.66. The number of benzene rings is 1. The molecule has 28 heavy (non-hydrogen) atoms. The number of hydrogen-bond donors (Lipinski definition) is 0. The van der Waals surface area contributed by atoms with Gasteiger partial charge in [-0.25, -0.2) is 4.68 Å². The first kappa shape index (κ1) is 21.9. The summed E-state index contributed by atoms with van der Waals surface area (Å²) in [7, 11) is -6.00. The number of carbonyl (C=O) groups excluding carboxylic acids is 1. The van der Waals surface area contributed by atoms with Crippen molar-refractivity contribution in [2.45, 2.75) is 32.3 Å². The quantitative estimate of drug-likeness (QED) is 0.508. The van der Waals surface area contributed by atoms with E-state index in [1.165, 1.54) is 0 Å². The minimum Gasteiger partial charge on any atom is -0.354 e. The number of carbonyl (C=O) groups is 1. The fourth-order valence-electron chi connectivity index (χ4n) is 2.21. The van der Waals surface area contributed by atoms with Crippen molar-refractivity contribution in [1.82, 2.24) is 9.78 Å². The number of halogens is 4. The molecule has 0 N–H and O–H groups in total.